The van der Waals surface area contributed by atoms with Gasteiger partial charge in [0.1, 0.15) is 6.29 Å². The molecule has 0 fully saturated rings. The summed E-state index contributed by atoms with van der Waals surface area (Å²) in [6.07, 6.45) is 10.4. The van der Waals surface area contributed by atoms with E-state index in [2.05, 4.69) is 48.0 Å². The Labute approximate surface area is 194 Å². The van der Waals surface area contributed by atoms with Crippen LogP contribution in [0.1, 0.15) is 65.2 Å². The molecule has 190 valence electrons. The van der Waals surface area contributed by atoms with Crippen LogP contribution in [0.4, 0.5) is 0 Å². The molecule has 0 saturated carbocycles. The Kier molecular flexibility index (Phi) is 35.7. The quantitative estimate of drug-likeness (QED) is 0.207. The van der Waals surface area contributed by atoms with Crippen molar-refractivity contribution in [2.75, 3.05) is 87.2 Å². The first kappa shape index (κ1) is 35.0. The van der Waals surface area contributed by atoms with Gasteiger partial charge in [0.15, 0.2) is 0 Å². The maximum atomic E-state index is 9.68. The van der Waals surface area contributed by atoms with Gasteiger partial charge in [-0.3, -0.25) is 4.90 Å². The molecule has 0 aliphatic heterocycles. The molecule has 0 saturated heterocycles. The van der Waals surface area contributed by atoms with Crippen LogP contribution in [0, 0.1) is 0 Å². The third-order valence-electron chi connectivity index (χ3n) is 4.56. The molecule has 0 unspecified atom stereocenters. The van der Waals surface area contributed by atoms with Crippen LogP contribution >= 0.6 is 0 Å². The monoisotopic (exact) mass is 448 g/mol. The number of hydrogen-bond donors (Lipinski definition) is 3. The second-order valence-corrected chi connectivity index (χ2v) is 8.37. The minimum Gasteiger partial charge on any atom is -0.395 e. The van der Waals surface area contributed by atoms with Crippen LogP contribution in [-0.4, -0.2) is 118 Å². The first-order valence-corrected chi connectivity index (χ1v) is 12.3. The number of carbonyl (C=O) groups excluding carboxylic acids is 1. The van der Waals surface area contributed by atoms with Crippen molar-refractivity contribution in [3.8, 4) is 0 Å². The minimum absolute atomic E-state index is 0.230. The third kappa shape index (κ3) is 40.3. The molecule has 3 N–H and O–H groups in total. The lowest BCUT2D eigenvalue weighted by molar-refractivity contribution is -0.107. The van der Waals surface area contributed by atoms with E-state index >= 15 is 0 Å². The standard InChI is InChI=1S/C12H28N2O.C6H16N2O.C6H12O/c1-4-5-6-7-8-14(11-12-15)10-9-13(2)3;1-8(2)5-3-7-4-6-9;1-2-3-4-5-6-7/h15H,4-12H2,1-3H3;7,9H,3-6H2,1-2H3;6H,2-5H2,1H3. The van der Waals surface area contributed by atoms with Crippen molar-refractivity contribution in [2.24, 2.45) is 0 Å². The summed E-state index contributed by atoms with van der Waals surface area (Å²) in [6, 6.07) is 0. The van der Waals surface area contributed by atoms with E-state index in [4.69, 9.17) is 10.2 Å². The average Bonchev–Trinajstić information content (AvgIpc) is 2.73. The van der Waals surface area contributed by atoms with Crippen LogP contribution in [0.3, 0.4) is 0 Å². The predicted octanol–water partition coefficient (Wildman–Crippen LogP) is 2.32. The van der Waals surface area contributed by atoms with Crippen LogP contribution in [-0.2, 0) is 4.79 Å². The van der Waals surface area contributed by atoms with Crippen molar-refractivity contribution < 1.29 is 15.0 Å². The summed E-state index contributed by atoms with van der Waals surface area (Å²) in [5.41, 5.74) is 0. The SMILES string of the molecule is CCCCCC=O.CCCCCCN(CCO)CCN(C)C.CN(C)CCNCCO. The van der Waals surface area contributed by atoms with Gasteiger partial charge < -0.3 is 30.1 Å². The fourth-order valence-corrected chi connectivity index (χ4v) is 2.56. The fraction of sp³-hybridized carbons (Fsp3) is 0.958. The highest BCUT2D eigenvalue weighted by Crippen LogP contribution is 2.01. The smallest absolute Gasteiger partial charge is 0.119 e. The van der Waals surface area contributed by atoms with E-state index in [0.29, 0.717) is 6.54 Å². The lowest BCUT2D eigenvalue weighted by atomic mass is 10.2. The second-order valence-electron chi connectivity index (χ2n) is 8.37. The molecular formula is C24H56N4O3. The van der Waals surface area contributed by atoms with Crippen molar-refractivity contribution in [1.82, 2.24) is 20.0 Å². The number of likely N-dealkylation sites (N-methyl/N-ethyl adjacent to an activating group) is 2. The second kappa shape index (κ2) is 31.6. The molecule has 0 aromatic heterocycles. The van der Waals surface area contributed by atoms with E-state index < -0.39 is 0 Å². The van der Waals surface area contributed by atoms with Crippen molar-refractivity contribution in [3.05, 3.63) is 0 Å². The van der Waals surface area contributed by atoms with E-state index in [9.17, 15) is 4.79 Å². The van der Waals surface area contributed by atoms with Gasteiger partial charge in [-0.1, -0.05) is 46.0 Å². The highest BCUT2D eigenvalue weighted by atomic mass is 16.3. The van der Waals surface area contributed by atoms with Crippen molar-refractivity contribution in [3.63, 3.8) is 0 Å². The number of aliphatic hydroxyl groups excluding tert-OH is 2. The number of hydrogen-bond acceptors (Lipinski definition) is 7. The van der Waals surface area contributed by atoms with Crippen LogP contribution < -0.4 is 5.32 Å². The van der Waals surface area contributed by atoms with E-state index in [0.717, 1.165) is 58.4 Å². The van der Waals surface area contributed by atoms with Gasteiger partial charge in [-0.05, 0) is 47.6 Å². The number of unbranched alkanes of at least 4 members (excludes halogenated alkanes) is 6. The zero-order valence-corrected chi connectivity index (χ0v) is 21.7. The van der Waals surface area contributed by atoms with Gasteiger partial charge in [-0.15, -0.1) is 0 Å². The number of aldehydes is 1. The summed E-state index contributed by atoms with van der Waals surface area (Å²) in [7, 11) is 8.24. The summed E-state index contributed by atoms with van der Waals surface area (Å²) >= 11 is 0. The predicted molar refractivity (Wildman–Crippen MR) is 135 cm³/mol. The Morgan fingerprint density at radius 3 is 1.77 bits per heavy atom. The molecule has 0 spiro atoms. The fourth-order valence-electron chi connectivity index (χ4n) is 2.56. The third-order valence-corrected chi connectivity index (χ3v) is 4.56. The Hall–Kier alpha value is -0.570. The minimum atomic E-state index is 0.230. The van der Waals surface area contributed by atoms with Crippen LogP contribution in [0.2, 0.25) is 0 Å². The van der Waals surface area contributed by atoms with Gasteiger partial charge in [0.2, 0.25) is 0 Å². The van der Waals surface area contributed by atoms with E-state index in [1.54, 1.807) is 0 Å². The normalized spacial score (nSPS) is 10.7. The van der Waals surface area contributed by atoms with E-state index in [1.165, 1.54) is 38.5 Å². The van der Waals surface area contributed by atoms with Gasteiger partial charge in [0.25, 0.3) is 0 Å². The summed E-state index contributed by atoms with van der Waals surface area (Å²) in [5.74, 6) is 0. The molecule has 0 amide bonds. The lowest BCUT2D eigenvalue weighted by Gasteiger charge is -2.23. The Bertz CT molecular complexity index is 319. The Morgan fingerprint density at radius 1 is 0.677 bits per heavy atom. The maximum Gasteiger partial charge on any atom is 0.119 e. The van der Waals surface area contributed by atoms with Crippen LogP contribution in [0.25, 0.3) is 0 Å². The first-order chi connectivity index (χ1) is 14.9. The Morgan fingerprint density at radius 2 is 1.29 bits per heavy atom. The Balaban J connectivity index is -0.000000417. The molecule has 7 heteroatoms. The van der Waals surface area contributed by atoms with Gasteiger partial charge >= 0.3 is 0 Å². The molecule has 0 aromatic carbocycles. The number of carbonyl (C=O) groups is 1. The molecule has 0 radical (unpaired) electrons. The lowest BCUT2D eigenvalue weighted by Crippen LogP contribution is -2.34. The van der Waals surface area contributed by atoms with Gasteiger partial charge in [-0.25, -0.2) is 0 Å². The van der Waals surface area contributed by atoms with Crippen molar-refractivity contribution in [2.45, 2.75) is 65.2 Å². The molecule has 0 atom stereocenters. The molecule has 31 heavy (non-hydrogen) atoms. The van der Waals surface area contributed by atoms with Crippen LogP contribution in [0.5, 0.6) is 0 Å². The van der Waals surface area contributed by atoms with E-state index in [1.807, 2.05) is 14.1 Å². The zero-order valence-electron chi connectivity index (χ0n) is 21.7. The average molecular weight is 449 g/mol. The molecular weight excluding hydrogens is 392 g/mol. The maximum absolute atomic E-state index is 9.68. The number of nitrogens with one attached hydrogen (secondary N) is 1. The summed E-state index contributed by atoms with van der Waals surface area (Å²) in [5, 5.41) is 20.4. The topological polar surface area (TPSA) is 79.3 Å². The van der Waals surface area contributed by atoms with Gasteiger partial charge in [0, 0.05) is 45.7 Å². The van der Waals surface area contributed by atoms with Crippen molar-refractivity contribution in [1.29, 1.82) is 0 Å². The molecule has 7 nitrogen and oxygen atoms in total. The molecule has 0 aliphatic rings. The van der Waals surface area contributed by atoms with Gasteiger partial charge in [-0.2, -0.15) is 0 Å². The molecule has 0 aromatic rings. The molecule has 0 aliphatic carbocycles. The van der Waals surface area contributed by atoms with Gasteiger partial charge in [0.05, 0.1) is 13.2 Å². The first-order valence-electron chi connectivity index (χ1n) is 12.3. The number of aliphatic hydroxyl groups is 2. The number of nitrogens with zero attached hydrogens (tertiary/aromatic N) is 3. The highest BCUT2D eigenvalue weighted by molar-refractivity contribution is 5.48. The molecule has 0 rings (SSSR count). The summed E-state index contributed by atoms with van der Waals surface area (Å²) in [4.78, 5) is 16.3. The summed E-state index contributed by atoms with van der Waals surface area (Å²) in [6.45, 7) is 11.7. The highest BCUT2D eigenvalue weighted by Gasteiger charge is 2.03. The van der Waals surface area contributed by atoms with Crippen LogP contribution in [0.15, 0.2) is 0 Å². The molecule has 0 bridgehead atoms. The zero-order chi connectivity index (χ0) is 24.2. The van der Waals surface area contributed by atoms with Crippen molar-refractivity contribution >= 4 is 6.29 Å². The number of rotatable bonds is 19. The summed E-state index contributed by atoms with van der Waals surface area (Å²) < 4.78 is 0. The largest absolute Gasteiger partial charge is 0.395 e. The van der Waals surface area contributed by atoms with E-state index in [-0.39, 0.29) is 13.2 Å². The molecule has 0 heterocycles.